The fourth-order valence-electron chi connectivity index (χ4n) is 3.26. The zero-order chi connectivity index (χ0) is 21.3. The second-order valence-corrected chi connectivity index (χ2v) is 8.53. The topological polar surface area (TPSA) is 84.0 Å². The molecule has 0 aromatic heterocycles. The van der Waals surface area contributed by atoms with Gasteiger partial charge in [-0.3, -0.25) is 4.99 Å². The van der Waals surface area contributed by atoms with E-state index >= 15 is 0 Å². The number of nitrogens with one attached hydrogen (secondary N) is 3. The van der Waals surface area contributed by atoms with E-state index in [0.717, 1.165) is 37.4 Å². The van der Waals surface area contributed by atoms with Crippen LogP contribution >= 0.6 is 0 Å². The van der Waals surface area contributed by atoms with Crippen molar-refractivity contribution < 1.29 is 14.3 Å². The van der Waals surface area contributed by atoms with Crippen LogP contribution in [-0.4, -0.2) is 49.4 Å². The summed E-state index contributed by atoms with van der Waals surface area (Å²) in [4.78, 5) is 16.2. The summed E-state index contributed by atoms with van der Waals surface area (Å²) in [6, 6.07) is 10.3. The summed E-state index contributed by atoms with van der Waals surface area (Å²) in [5.74, 6) is 1.64. The molecule has 1 amide bonds. The van der Waals surface area contributed by atoms with Crippen LogP contribution in [0.15, 0.2) is 35.3 Å². The van der Waals surface area contributed by atoms with Gasteiger partial charge in [0.25, 0.3) is 0 Å². The fourth-order valence-corrected chi connectivity index (χ4v) is 3.26. The molecule has 0 saturated heterocycles. The molecule has 1 atom stereocenters. The van der Waals surface area contributed by atoms with Crippen molar-refractivity contribution in [3.8, 4) is 5.75 Å². The van der Waals surface area contributed by atoms with Crippen LogP contribution in [-0.2, 0) is 4.74 Å². The first kappa shape index (κ1) is 22.8. The summed E-state index contributed by atoms with van der Waals surface area (Å²) in [7, 11) is 1.77. The van der Waals surface area contributed by atoms with Crippen molar-refractivity contribution in [1.29, 1.82) is 0 Å². The number of hydrogen-bond donors (Lipinski definition) is 3. The van der Waals surface area contributed by atoms with E-state index in [0.29, 0.717) is 12.6 Å². The molecular formula is C22H36N4O3. The molecule has 1 aliphatic carbocycles. The molecule has 7 heteroatoms. The van der Waals surface area contributed by atoms with Crippen LogP contribution in [0.1, 0.15) is 53.4 Å². The molecule has 0 spiro atoms. The number of hydrogen-bond acceptors (Lipinski definition) is 4. The molecule has 0 bridgehead atoms. The molecule has 29 heavy (non-hydrogen) atoms. The minimum absolute atomic E-state index is 0.0183. The lowest BCUT2D eigenvalue weighted by Crippen LogP contribution is -2.49. The lowest BCUT2D eigenvalue weighted by Gasteiger charge is -2.31. The summed E-state index contributed by atoms with van der Waals surface area (Å²) >= 11 is 0. The summed E-state index contributed by atoms with van der Waals surface area (Å²) < 4.78 is 11.2. The maximum atomic E-state index is 11.9. The third-order valence-corrected chi connectivity index (χ3v) is 4.65. The third kappa shape index (κ3) is 9.07. The maximum Gasteiger partial charge on any atom is 0.407 e. The summed E-state index contributed by atoms with van der Waals surface area (Å²) in [6.45, 7) is 8.30. The van der Waals surface area contributed by atoms with Crippen LogP contribution < -0.4 is 20.7 Å². The number of carbonyl (C=O) groups is 1. The van der Waals surface area contributed by atoms with E-state index in [1.165, 1.54) is 0 Å². The molecule has 2 rings (SSSR count). The first-order valence-corrected chi connectivity index (χ1v) is 10.4. The van der Waals surface area contributed by atoms with Crippen molar-refractivity contribution in [3.63, 3.8) is 0 Å². The molecular weight excluding hydrogens is 368 g/mol. The lowest BCUT2D eigenvalue weighted by atomic mass is 9.91. The number of para-hydroxylation sites is 1. The van der Waals surface area contributed by atoms with Crippen LogP contribution in [0.5, 0.6) is 5.75 Å². The van der Waals surface area contributed by atoms with Crippen LogP contribution in [0.25, 0.3) is 0 Å². The van der Waals surface area contributed by atoms with Crippen molar-refractivity contribution in [3.05, 3.63) is 30.3 Å². The van der Waals surface area contributed by atoms with Crippen molar-refractivity contribution in [1.82, 2.24) is 16.0 Å². The van der Waals surface area contributed by atoms with Gasteiger partial charge in [-0.1, -0.05) is 18.2 Å². The number of rotatable bonds is 6. The number of alkyl carbamates (subject to hydrolysis) is 1. The number of guanidine groups is 1. The molecule has 1 aliphatic rings. The monoisotopic (exact) mass is 404 g/mol. The van der Waals surface area contributed by atoms with E-state index in [9.17, 15) is 4.79 Å². The van der Waals surface area contributed by atoms with Gasteiger partial charge in [0, 0.05) is 19.1 Å². The second-order valence-electron chi connectivity index (χ2n) is 8.53. The summed E-state index contributed by atoms with van der Waals surface area (Å²) in [6.07, 6.45) is 3.46. The number of ether oxygens (including phenoxy) is 2. The number of amides is 1. The van der Waals surface area contributed by atoms with Gasteiger partial charge in [-0.25, -0.2) is 4.79 Å². The molecule has 1 aromatic rings. The van der Waals surface area contributed by atoms with Crippen molar-refractivity contribution in [2.75, 3.05) is 13.6 Å². The van der Waals surface area contributed by atoms with E-state index in [2.05, 4.69) is 20.9 Å². The quantitative estimate of drug-likeness (QED) is 0.500. The Bertz CT molecular complexity index is 650. The van der Waals surface area contributed by atoms with E-state index in [-0.39, 0.29) is 18.2 Å². The zero-order valence-electron chi connectivity index (χ0n) is 18.3. The normalized spacial score (nSPS) is 21.1. The van der Waals surface area contributed by atoms with E-state index in [4.69, 9.17) is 9.47 Å². The van der Waals surface area contributed by atoms with Crippen molar-refractivity contribution >= 4 is 12.1 Å². The van der Waals surface area contributed by atoms with Gasteiger partial charge in [-0.2, -0.15) is 0 Å². The summed E-state index contributed by atoms with van der Waals surface area (Å²) in [5.41, 5.74) is -0.470. The van der Waals surface area contributed by atoms with Crippen molar-refractivity contribution in [2.45, 2.75) is 77.2 Å². The highest BCUT2D eigenvalue weighted by atomic mass is 16.6. The highest BCUT2D eigenvalue weighted by Gasteiger charge is 2.25. The highest BCUT2D eigenvalue weighted by Crippen LogP contribution is 2.19. The Labute approximate surface area is 174 Å². The van der Waals surface area contributed by atoms with Gasteiger partial charge in [0.2, 0.25) is 0 Å². The predicted molar refractivity (Wildman–Crippen MR) is 116 cm³/mol. The molecule has 0 aliphatic heterocycles. The van der Waals surface area contributed by atoms with Crippen molar-refractivity contribution in [2.24, 2.45) is 4.99 Å². The van der Waals surface area contributed by atoms with Crippen LogP contribution in [0, 0.1) is 0 Å². The lowest BCUT2D eigenvalue weighted by molar-refractivity contribution is 0.0490. The van der Waals surface area contributed by atoms with E-state index < -0.39 is 5.60 Å². The van der Waals surface area contributed by atoms with Crippen LogP contribution in [0.4, 0.5) is 4.79 Å². The molecule has 0 heterocycles. The number of carbonyl (C=O) groups excluding carboxylic acids is 1. The largest absolute Gasteiger partial charge is 0.489 e. The van der Waals surface area contributed by atoms with Gasteiger partial charge in [0.05, 0.1) is 6.54 Å². The number of nitrogens with zero attached hydrogens (tertiary/aromatic N) is 1. The Morgan fingerprint density at radius 1 is 1.10 bits per heavy atom. The standard InChI is InChI=1S/C22H36N4O3/c1-16(28-19-9-7-6-8-10-19)15-24-20(23-5)25-17-11-13-18(14-12-17)26-21(27)29-22(2,3)4/h6-10,16-18H,11-15H2,1-5H3,(H,26,27)(H2,23,24,25). The second kappa shape index (κ2) is 10.9. The first-order valence-electron chi connectivity index (χ1n) is 10.4. The Morgan fingerprint density at radius 3 is 2.24 bits per heavy atom. The van der Waals surface area contributed by atoms with Gasteiger partial charge in [-0.05, 0) is 65.5 Å². The molecule has 162 valence electrons. The fraction of sp³-hybridized carbons (Fsp3) is 0.636. The zero-order valence-corrected chi connectivity index (χ0v) is 18.3. The minimum atomic E-state index is -0.470. The first-order chi connectivity index (χ1) is 13.7. The van der Waals surface area contributed by atoms with Crippen LogP contribution in [0.3, 0.4) is 0 Å². The number of benzene rings is 1. The maximum absolute atomic E-state index is 11.9. The minimum Gasteiger partial charge on any atom is -0.489 e. The Morgan fingerprint density at radius 2 is 1.69 bits per heavy atom. The molecule has 0 radical (unpaired) electrons. The molecule has 3 N–H and O–H groups in total. The van der Waals surface area contributed by atoms with Gasteiger partial charge in [0.1, 0.15) is 17.5 Å². The average molecular weight is 405 g/mol. The Hall–Kier alpha value is -2.44. The Kier molecular flexibility index (Phi) is 8.61. The summed E-state index contributed by atoms with van der Waals surface area (Å²) in [5, 5.41) is 9.78. The third-order valence-electron chi connectivity index (χ3n) is 4.65. The van der Waals surface area contributed by atoms with Gasteiger partial charge >= 0.3 is 6.09 Å². The van der Waals surface area contributed by atoms with E-state index in [1.807, 2.05) is 58.0 Å². The average Bonchev–Trinajstić information content (AvgIpc) is 2.65. The highest BCUT2D eigenvalue weighted by molar-refractivity contribution is 5.80. The SMILES string of the molecule is CN=C(NCC(C)Oc1ccccc1)NC1CCC(NC(=O)OC(C)(C)C)CC1. The molecule has 1 aromatic carbocycles. The van der Waals surface area contributed by atoms with Gasteiger partial charge < -0.3 is 25.4 Å². The smallest absolute Gasteiger partial charge is 0.407 e. The molecule has 7 nitrogen and oxygen atoms in total. The van der Waals surface area contributed by atoms with Crippen LogP contribution in [0.2, 0.25) is 0 Å². The predicted octanol–water partition coefficient (Wildman–Crippen LogP) is 3.45. The molecule has 1 fully saturated rings. The Balaban J connectivity index is 1.68. The molecule has 1 saturated carbocycles. The number of aliphatic imine (C=N–C) groups is 1. The molecule has 1 unspecified atom stereocenters. The van der Waals surface area contributed by atoms with Gasteiger partial charge in [-0.15, -0.1) is 0 Å². The van der Waals surface area contributed by atoms with Gasteiger partial charge in [0.15, 0.2) is 5.96 Å². The van der Waals surface area contributed by atoms with E-state index in [1.54, 1.807) is 7.05 Å².